The number of carbonyl (C=O) groups is 1. The Morgan fingerprint density at radius 1 is 1.19 bits per heavy atom. The Morgan fingerprint density at radius 2 is 1.95 bits per heavy atom. The van der Waals surface area contributed by atoms with Crippen molar-refractivity contribution in [1.82, 2.24) is 5.32 Å². The molecule has 0 radical (unpaired) electrons. The first-order chi connectivity index (χ1) is 10.2. The van der Waals surface area contributed by atoms with Crippen molar-refractivity contribution in [2.45, 2.75) is 38.1 Å². The molecule has 4 heteroatoms. The minimum absolute atomic E-state index is 0.0493. The molecule has 0 heterocycles. The van der Waals surface area contributed by atoms with Crippen LogP contribution in [-0.4, -0.2) is 26.2 Å². The Hall–Kier alpha value is -1.97. The smallest absolute Gasteiger partial charge is 0.244 e. The van der Waals surface area contributed by atoms with Crippen LogP contribution in [0.4, 0.5) is 0 Å². The average molecular weight is 289 g/mol. The fraction of sp³-hybridized carbons (Fsp3) is 0.471. The molecule has 2 rings (SSSR count). The van der Waals surface area contributed by atoms with Gasteiger partial charge in [-0.05, 0) is 25.0 Å². The highest BCUT2D eigenvalue weighted by Crippen LogP contribution is 2.31. The molecule has 0 aliphatic heterocycles. The van der Waals surface area contributed by atoms with E-state index in [9.17, 15) is 4.79 Å². The lowest BCUT2D eigenvalue weighted by molar-refractivity contribution is -0.117. The molecular formula is C17H23NO3. The molecule has 1 aromatic carbocycles. The Kier molecular flexibility index (Phi) is 5.67. The molecule has 1 aliphatic rings. The van der Waals surface area contributed by atoms with Crippen molar-refractivity contribution >= 4 is 12.0 Å². The van der Waals surface area contributed by atoms with Gasteiger partial charge in [-0.3, -0.25) is 4.79 Å². The van der Waals surface area contributed by atoms with Gasteiger partial charge in [0, 0.05) is 17.7 Å². The average Bonchev–Trinajstić information content (AvgIpc) is 2.53. The Balaban J connectivity index is 2.01. The van der Waals surface area contributed by atoms with E-state index in [-0.39, 0.29) is 5.91 Å². The summed E-state index contributed by atoms with van der Waals surface area (Å²) >= 11 is 0. The number of para-hydroxylation sites is 1. The highest BCUT2D eigenvalue weighted by Gasteiger charge is 2.14. The van der Waals surface area contributed by atoms with E-state index in [4.69, 9.17) is 9.47 Å². The summed E-state index contributed by atoms with van der Waals surface area (Å²) < 4.78 is 10.6. The fourth-order valence-corrected chi connectivity index (χ4v) is 2.70. The molecule has 1 amide bonds. The summed E-state index contributed by atoms with van der Waals surface area (Å²) in [4.78, 5) is 12.0. The van der Waals surface area contributed by atoms with Gasteiger partial charge in [-0.1, -0.05) is 31.4 Å². The van der Waals surface area contributed by atoms with Crippen molar-refractivity contribution in [3.63, 3.8) is 0 Å². The Morgan fingerprint density at radius 3 is 2.62 bits per heavy atom. The van der Waals surface area contributed by atoms with Crippen molar-refractivity contribution < 1.29 is 14.3 Å². The third-order valence-corrected chi connectivity index (χ3v) is 3.80. The third-order valence-electron chi connectivity index (χ3n) is 3.80. The second kappa shape index (κ2) is 7.72. The van der Waals surface area contributed by atoms with Gasteiger partial charge in [-0.25, -0.2) is 0 Å². The van der Waals surface area contributed by atoms with Crippen LogP contribution < -0.4 is 14.8 Å². The molecule has 1 N–H and O–H groups in total. The molecule has 114 valence electrons. The maximum atomic E-state index is 12.0. The zero-order chi connectivity index (χ0) is 15.1. The van der Waals surface area contributed by atoms with E-state index in [1.54, 1.807) is 26.4 Å². The molecule has 0 bridgehead atoms. The van der Waals surface area contributed by atoms with Gasteiger partial charge < -0.3 is 14.8 Å². The van der Waals surface area contributed by atoms with Gasteiger partial charge in [0.25, 0.3) is 0 Å². The van der Waals surface area contributed by atoms with E-state index in [1.807, 2.05) is 18.2 Å². The van der Waals surface area contributed by atoms with Gasteiger partial charge in [0.2, 0.25) is 5.91 Å². The quantitative estimate of drug-likeness (QED) is 0.847. The zero-order valence-corrected chi connectivity index (χ0v) is 12.7. The topological polar surface area (TPSA) is 47.6 Å². The highest BCUT2D eigenvalue weighted by atomic mass is 16.5. The van der Waals surface area contributed by atoms with Crippen LogP contribution >= 0.6 is 0 Å². The minimum Gasteiger partial charge on any atom is -0.493 e. The van der Waals surface area contributed by atoms with Crippen molar-refractivity contribution in [1.29, 1.82) is 0 Å². The van der Waals surface area contributed by atoms with E-state index in [2.05, 4.69) is 5.32 Å². The SMILES string of the molecule is COc1cccc(/C=C/C(=O)NC2CCCCC2)c1OC. The predicted molar refractivity (Wildman–Crippen MR) is 83.6 cm³/mol. The van der Waals surface area contributed by atoms with Gasteiger partial charge in [-0.2, -0.15) is 0 Å². The summed E-state index contributed by atoms with van der Waals surface area (Å²) in [6.07, 6.45) is 9.19. The summed E-state index contributed by atoms with van der Waals surface area (Å²) in [5.41, 5.74) is 0.829. The predicted octanol–water partition coefficient (Wildman–Crippen LogP) is 3.17. The van der Waals surface area contributed by atoms with Gasteiger partial charge in [0.05, 0.1) is 14.2 Å². The number of amides is 1. The highest BCUT2D eigenvalue weighted by molar-refractivity contribution is 5.92. The van der Waals surface area contributed by atoms with Crippen LogP contribution in [0.15, 0.2) is 24.3 Å². The summed E-state index contributed by atoms with van der Waals surface area (Å²) in [7, 11) is 3.19. The first-order valence-corrected chi connectivity index (χ1v) is 7.44. The second-order valence-corrected chi connectivity index (χ2v) is 5.26. The number of carbonyl (C=O) groups excluding carboxylic acids is 1. The van der Waals surface area contributed by atoms with E-state index in [1.165, 1.54) is 19.3 Å². The number of methoxy groups -OCH3 is 2. The molecular weight excluding hydrogens is 266 g/mol. The fourth-order valence-electron chi connectivity index (χ4n) is 2.70. The van der Waals surface area contributed by atoms with Crippen molar-refractivity contribution in [3.05, 3.63) is 29.8 Å². The van der Waals surface area contributed by atoms with Gasteiger partial charge in [0.1, 0.15) is 0 Å². The van der Waals surface area contributed by atoms with Crippen LogP contribution in [0, 0.1) is 0 Å². The van der Waals surface area contributed by atoms with Crippen LogP contribution in [0.25, 0.3) is 6.08 Å². The summed E-state index contributed by atoms with van der Waals surface area (Å²) in [6, 6.07) is 5.92. The molecule has 4 nitrogen and oxygen atoms in total. The van der Waals surface area contributed by atoms with Gasteiger partial charge in [-0.15, -0.1) is 0 Å². The normalized spacial score (nSPS) is 15.9. The minimum atomic E-state index is -0.0493. The molecule has 0 unspecified atom stereocenters. The van der Waals surface area contributed by atoms with Crippen LogP contribution in [0.1, 0.15) is 37.7 Å². The molecule has 1 aromatic rings. The van der Waals surface area contributed by atoms with Crippen molar-refractivity contribution in [2.75, 3.05) is 14.2 Å². The molecule has 0 aromatic heterocycles. The number of hydrogen-bond donors (Lipinski definition) is 1. The maximum Gasteiger partial charge on any atom is 0.244 e. The maximum absolute atomic E-state index is 12.0. The number of nitrogens with one attached hydrogen (secondary N) is 1. The molecule has 0 spiro atoms. The third kappa shape index (κ3) is 4.25. The lowest BCUT2D eigenvalue weighted by Crippen LogP contribution is -2.34. The molecule has 0 atom stereocenters. The monoisotopic (exact) mass is 289 g/mol. The van der Waals surface area contributed by atoms with E-state index >= 15 is 0 Å². The van der Waals surface area contributed by atoms with Crippen LogP contribution in [-0.2, 0) is 4.79 Å². The van der Waals surface area contributed by atoms with E-state index in [0.717, 1.165) is 18.4 Å². The molecule has 0 saturated heterocycles. The lowest BCUT2D eigenvalue weighted by Gasteiger charge is -2.21. The lowest BCUT2D eigenvalue weighted by atomic mass is 9.95. The van der Waals surface area contributed by atoms with E-state index < -0.39 is 0 Å². The van der Waals surface area contributed by atoms with Crippen molar-refractivity contribution in [3.8, 4) is 11.5 Å². The molecule has 1 aliphatic carbocycles. The van der Waals surface area contributed by atoms with E-state index in [0.29, 0.717) is 17.5 Å². The zero-order valence-electron chi connectivity index (χ0n) is 12.7. The molecule has 1 fully saturated rings. The Labute approximate surface area is 126 Å². The number of benzene rings is 1. The first-order valence-electron chi connectivity index (χ1n) is 7.44. The second-order valence-electron chi connectivity index (χ2n) is 5.26. The van der Waals surface area contributed by atoms with Crippen LogP contribution in [0.2, 0.25) is 0 Å². The standard InChI is InChI=1S/C17H23NO3/c1-20-15-10-6-7-13(17(15)21-2)11-12-16(19)18-14-8-4-3-5-9-14/h6-7,10-12,14H,3-5,8-9H2,1-2H3,(H,18,19)/b12-11+. The number of ether oxygens (including phenoxy) is 2. The van der Waals surface area contributed by atoms with Gasteiger partial charge >= 0.3 is 0 Å². The largest absolute Gasteiger partial charge is 0.493 e. The first kappa shape index (κ1) is 15.4. The summed E-state index contributed by atoms with van der Waals surface area (Å²) in [5.74, 6) is 1.25. The number of hydrogen-bond acceptors (Lipinski definition) is 3. The number of rotatable bonds is 5. The van der Waals surface area contributed by atoms with Crippen molar-refractivity contribution in [2.24, 2.45) is 0 Å². The Bertz CT molecular complexity index is 505. The van der Waals surface area contributed by atoms with Crippen LogP contribution in [0.5, 0.6) is 11.5 Å². The van der Waals surface area contributed by atoms with Gasteiger partial charge in [0.15, 0.2) is 11.5 Å². The molecule has 21 heavy (non-hydrogen) atoms. The summed E-state index contributed by atoms with van der Waals surface area (Å²) in [5, 5.41) is 3.06. The molecule has 1 saturated carbocycles. The summed E-state index contributed by atoms with van der Waals surface area (Å²) in [6.45, 7) is 0. The van der Waals surface area contributed by atoms with Crippen LogP contribution in [0.3, 0.4) is 0 Å².